The number of benzene rings is 2. The molecule has 152 valence electrons. The van der Waals surface area contributed by atoms with Gasteiger partial charge in [-0.3, -0.25) is 4.79 Å². The van der Waals surface area contributed by atoms with Crippen LogP contribution in [-0.4, -0.2) is 30.3 Å². The summed E-state index contributed by atoms with van der Waals surface area (Å²) in [7, 11) is -5.43. The van der Waals surface area contributed by atoms with E-state index in [4.69, 9.17) is 5.11 Å². The van der Waals surface area contributed by atoms with Gasteiger partial charge >= 0.3 is 5.97 Å². The number of aliphatic carboxylic acids is 1. The zero-order valence-electron chi connectivity index (χ0n) is 13.3. The summed E-state index contributed by atoms with van der Waals surface area (Å²) < 4.78 is 119. The summed E-state index contributed by atoms with van der Waals surface area (Å²) in [6, 6.07) is 0.0822. The average Bonchev–Trinajstić information content (AvgIpc) is 2.57. The molecule has 28 heavy (non-hydrogen) atoms. The van der Waals surface area contributed by atoms with Crippen LogP contribution in [0.2, 0.25) is 0 Å². The first-order chi connectivity index (χ1) is 12.9. The van der Waals surface area contributed by atoms with Crippen LogP contribution in [0.1, 0.15) is 5.56 Å². The summed E-state index contributed by atoms with van der Waals surface area (Å²) in [6.07, 6.45) is 0. The molecule has 0 radical (unpaired) electrons. The van der Waals surface area contributed by atoms with Crippen LogP contribution in [0.25, 0.3) is 0 Å². The topological polar surface area (TPSA) is 74.7 Å². The van der Waals surface area contributed by atoms with E-state index in [1.807, 2.05) is 0 Å². The van der Waals surface area contributed by atoms with Crippen molar-refractivity contribution in [1.82, 2.24) is 4.31 Å². The van der Waals surface area contributed by atoms with Gasteiger partial charge < -0.3 is 5.11 Å². The number of hydrogen-bond acceptors (Lipinski definition) is 3. The van der Waals surface area contributed by atoms with Gasteiger partial charge in [0, 0.05) is 30.3 Å². The highest BCUT2D eigenvalue weighted by Crippen LogP contribution is 2.27. The monoisotopic (exact) mass is 431 g/mol. The first-order valence-electron chi connectivity index (χ1n) is 7.04. The lowest BCUT2D eigenvalue weighted by Crippen LogP contribution is -2.36. The van der Waals surface area contributed by atoms with Crippen molar-refractivity contribution in [2.75, 3.05) is 6.54 Å². The van der Waals surface area contributed by atoms with Crippen molar-refractivity contribution >= 4 is 16.0 Å². The molecule has 2 aromatic rings. The number of carboxylic acids is 1. The van der Waals surface area contributed by atoms with Crippen molar-refractivity contribution in [2.24, 2.45) is 0 Å². The number of nitrogens with zero attached hydrogens (tertiary/aromatic N) is 1. The second-order valence-electron chi connectivity index (χ2n) is 5.31. The zero-order chi connectivity index (χ0) is 21.4. The van der Waals surface area contributed by atoms with E-state index < -0.39 is 80.3 Å². The fraction of sp³-hybridized carbons (Fsp3) is 0.133. The van der Waals surface area contributed by atoms with Gasteiger partial charge in [0.25, 0.3) is 0 Å². The molecule has 0 aromatic heterocycles. The van der Waals surface area contributed by atoms with Crippen molar-refractivity contribution in [1.29, 1.82) is 0 Å². The third-order valence-electron chi connectivity index (χ3n) is 3.44. The van der Waals surface area contributed by atoms with Crippen LogP contribution in [0.15, 0.2) is 23.1 Å². The molecular formula is C15H8F7NO4S. The molecule has 0 bridgehead atoms. The first kappa shape index (κ1) is 21.6. The van der Waals surface area contributed by atoms with Crippen LogP contribution < -0.4 is 0 Å². The molecule has 0 saturated carbocycles. The number of carboxylic acid groups (broad SMARTS) is 1. The second kappa shape index (κ2) is 7.75. The predicted molar refractivity (Wildman–Crippen MR) is 77.8 cm³/mol. The lowest BCUT2D eigenvalue weighted by Gasteiger charge is -2.21. The molecule has 0 spiro atoms. The van der Waals surface area contributed by atoms with Crippen molar-refractivity contribution in [3.05, 3.63) is 64.5 Å². The molecule has 0 heterocycles. The quantitative estimate of drug-likeness (QED) is 0.434. The highest BCUT2D eigenvalue weighted by Gasteiger charge is 2.34. The Kier molecular flexibility index (Phi) is 5.99. The summed E-state index contributed by atoms with van der Waals surface area (Å²) in [6.45, 7) is -2.91. The summed E-state index contributed by atoms with van der Waals surface area (Å²) in [5.74, 6) is -15.7. The van der Waals surface area contributed by atoms with E-state index in [1.54, 1.807) is 0 Å². The maximum absolute atomic E-state index is 13.9. The Labute approximate surface area is 152 Å². The van der Waals surface area contributed by atoms with E-state index in [0.29, 0.717) is 0 Å². The van der Waals surface area contributed by atoms with E-state index in [0.717, 1.165) is 0 Å². The van der Waals surface area contributed by atoms with Crippen LogP contribution in [0.5, 0.6) is 0 Å². The van der Waals surface area contributed by atoms with E-state index in [1.165, 1.54) is 0 Å². The second-order valence-corrected chi connectivity index (χ2v) is 7.22. The summed E-state index contributed by atoms with van der Waals surface area (Å²) in [4.78, 5) is 9.12. The van der Waals surface area contributed by atoms with Crippen molar-refractivity contribution in [3.63, 3.8) is 0 Å². The van der Waals surface area contributed by atoms with E-state index in [9.17, 15) is 43.9 Å². The number of sulfonamides is 1. The SMILES string of the molecule is O=C(O)CN(Cc1c(F)cc(F)cc1F)S(=O)(=O)c1cc(F)c(F)c(F)c1F. The molecule has 13 heteroatoms. The van der Waals surface area contributed by atoms with Gasteiger partial charge in [-0.05, 0) is 0 Å². The molecule has 5 nitrogen and oxygen atoms in total. The lowest BCUT2D eigenvalue weighted by atomic mass is 10.2. The number of rotatable bonds is 6. The molecule has 0 saturated heterocycles. The Bertz CT molecular complexity index is 1040. The molecule has 0 aliphatic carbocycles. The molecule has 1 N–H and O–H groups in total. The number of carbonyl (C=O) groups is 1. The Morgan fingerprint density at radius 2 is 1.39 bits per heavy atom. The van der Waals surface area contributed by atoms with E-state index in [2.05, 4.69) is 0 Å². The van der Waals surface area contributed by atoms with Crippen molar-refractivity contribution in [3.8, 4) is 0 Å². The molecular weight excluding hydrogens is 423 g/mol. The zero-order valence-corrected chi connectivity index (χ0v) is 14.1. The Hall–Kier alpha value is -2.67. The van der Waals surface area contributed by atoms with E-state index >= 15 is 0 Å². The number of halogens is 7. The van der Waals surface area contributed by atoms with Gasteiger partial charge in [0.15, 0.2) is 23.3 Å². The lowest BCUT2D eigenvalue weighted by molar-refractivity contribution is -0.137. The maximum Gasteiger partial charge on any atom is 0.318 e. The van der Waals surface area contributed by atoms with E-state index in [-0.39, 0.29) is 22.5 Å². The van der Waals surface area contributed by atoms with Gasteiger partial charge in [0.2, 0.25) is 10.0 Å². The highest BCUT2D eigenvalue weighted by atomic mass is 32.2. The van der Waals surface area contributed by atoms with Gasteiger partial charge in [-0.1, -0.05) is 0 Å². The van der Waals surface area contributed by atoms with Gasteiger partial charge in [-0.15, -0.1) is 0 Å². The summed E-state index contributed by atoms with van der Waals surface area (Å²) >= 11 is 0. The average molecular weight is 431 g/mol. The minimum Gasteiger partial charge on any atom is -0.480 e. The molecule has 0 aliphatic rings. The summed E-state index contributed by atoms with van der Waals surface area (Å²) in [5, 5.41) is 8.82. The minimum absolute atomic E-state index is 0.168. The third-order valence-corrected chi connectivity index (χ3v) is 5.23. The fourth-order valence-corrected chi connectivity index (χ4v) is 3.58. The van der Waals surface area contributed by atoms with Gasteiger partial charge in [-0.2, -0.15) is 4.31 Å². The normalized spacial score (nSPS) is 11.9. The smallest absolute Gasteiger partial charge is 0.318 e. The molecule has 2 aromatic carbocycles. The number of hydrogen-bond donors (Lipinski definition) is 1. The maximum atomic E-state index is 13.9. The van der Waals surface area contributed by atoms with Crippen LogP contribution in [0.3, 0.4) is 0 Å². The van der Waals surface area contributed by atoms with Gasteiger partial charge in [-0.25, -0.2) is 39.2 Å². The van der Waals surface area contributed by atoms with Crippen molar-refractivity contribution in [2.45, 2.75) is 11.4 Å². The molecule has 2 rings (SSSR count). The predicted octanol–water partition coefficient (Wildman–Crippen LogP) is 2.94. The molecule has 0 unspecified atom stereocenters. The van der Waals surface area contributed by atoms with Crippen LogP contribution in [0, 0.1) is 40.7 Å². The standard InChI is InChI=1S/C15H8F7NO4S/c16-6-1-8(17)7(9(18)2-6)4-23(5-12(24)25)28(26,27)11-3-10(19)13(20)15(22)14(11)21/h1-3H,4-5H2,(H,24,25). The Morgan fingerprint density at radius 3 is 1.89 bits per heavy atom. The van der Waals surface area contributed by atoms with Gasteiger partial charge in [0.05, 0.1) is 0 Å². The molecule has 0 fully saturated rings. The van der Waals surface area contributed by atoms with Crippen molar-refractivity contribution < 1.29 is 49.1 Å². The largest absolute Gasteiger partial charge is 0.480 e. The molecule has 0 aliphatic heterocycles. The Morgan fingerprint density at radius 1 is 0.857 bits per heavy atom. The molecule has 0 amide bonds. The first-order valence-corrected chi connectivity index (χ1v) is 8.48. The van der Waals surface area contributed by atoms with Gasteiger partial charge in [0.1, 0.15) is 28.9 Å². The Balaban J connectivity index is 2.62. The van der Waals surface area contributed by atoms with Crippen LogP contribution in [-0.2, 0) is 21.4 Å². The summed E-state index contributed by atoms with van der Waals surface area (Å²) in [5.41, 5.74) is -1.12. The third kappa shape index (κ3) is 4.09. The van der Waals surface area contributed by atoms with Crippen LogP contribution in [0.4, 0.5) is 30.7 Å². The molecule has 0 atom stereocenters. The van der Waals surface area contributed by atoms with Crippen LogP contribution >= 0.6 is 0 Å². The fourth-order valence-electron chi connectivity index (χ4n) is 2.15. The minimum atomic E-state index is -5.43. The highest BCUT2D eigenvalue weighted by molar-refractivity contribution is 7.89.